The number of amides is 2. The highest BCUT2D eigenvalue weighted by Gasteiger charge is 2.28. The summed E-state index contributed by atoms with van der Waals surface area (Å²) in [7, 11) is -4.14. The summed E-state index contributed by atoms with van der Waals surface area (Å²) in [6.45, 7) is 1.53. The minimum absolute atomic E-state index is 0.00720. The van der Waals surface area contributed by atoms with Crippen LogP contribution in [0.25, 0.3) is 11.1 Å². The Labute approximate surface area is 189 Å². The Morgan fingerprint density at radius 1 is 1.12 bits per heavy atom. The molecule has 0 unspecified atom stereocenters. The number of sulfonamides is 1. The number of halogens is 1. The topological polar surface area (TPSA) is 132 Å². The fraction of sp³-hybridized carbons (Fsp3) is 0.381. The van der Waals surface area contributed by atoms with Crippen molar-refractivity contribution in [3.05, 3.63) is 47.0 Å². The fourth-order valence-electron chi connectivity index (χ4n) is 3.69. The molecule has 0 saturated heterocycles. The molecule has 1 fully saturated rings. The molecular formula is C21H22ClN3O6S. The van der Waals surface area contributed by atoms with E-state index in [9.17, 15) is 18.0 Å². The molecular weight excluding hydrogens is 458 g/mol. The monoisotopic (exact) mass is 479 g/mol. The summed E-state index contributed by atoms with van der Waals surface area (Å²) in [5.41, 5.74) is 1.42. The number of hydrogen-bond acceptors (Lipinski definition) is 7. The first-order chi connectivity index (χ1) is 15.2. The van der Waals surface area contributed by atoms with Crippen molar-refractivity contribution in [3.63, 3.8) is 0 Å². The number of oxazole rings is 1. The number of rotatable bonds is 6. The van der Waals surface area contributed by atoms with E-state index in [4.69, 9.17) is 20.4 Å². The molecule has 0 radical (unpaired) electrons. The zero-order chi connectivity index (χ0) is 22.9. The van der Waals surface area contributed by atoms with Gasteiger partial charge in [-0.2, -0.15) is 8.42 Å². The van der Waals surface area contributed by atoms with Crippen LogP contribution in [-0.4, -0.2) is 31.3 Å². The number of furan rings is 1. The second kappa shape index (κ2) is 8.95. The van der Waals surface area contributed by atoms with Crippen LogP contribution in [0.1, 0.15) is 61.4 Å². The molecule has 1 aliphatic carbocycles. The zero-order valence-corrected chi connectivity index (χ0v) is 18.8. The molecule has 2 N–H and O–H groups in total. The Morgan fingerprint density at radius 3 is 2.59 bits per heavy atom. The lowest BCUT2D eigenvalue weighted by atomic mass is 9.86. The van der Waals surface area contributed by atoms with Crippen molar-refractivity contribution < 1.29 is 26.8 Å². The summed E-state index contributed by atoms with van der Waals surface area (Å²) < 4.78 is 37.1. The van der Waals surface area contributed by atoms with Gasteiger partial charge < -0.3 is 14.2 Å². The normalized spacial score (nSPS) is 19.1. The molecule has 1 aromatic carbocycles. The zero-order valence-electron chi connectivity index (χ0n) is 17.3. The third-order valence-corrected chi connectivity index (χ3v) is 6.90. The maximum atomic E-state index is 12.5. The first-order valence-corrected chi connectivity index (χ1v) is 12.1. The SMILES string of the molecule is CCC(=O)NS(=O)(=O)c1ccc(C(=O)NC2CCC(c3nc4cc(Cl)ccc4o3)CC2)o1. The maximum Gasteiger partial charge on any atom is 0.297 e. The number of benzene rings is 1. The molecule has 2 heterocycles. The third-order valence-electron chi connectivity index (χ3n) is 5.42. The lowest BCUT2D eigenvalue weighted by molar-refractivity contribution is -0.119. The molecule has 2 amide bonds. The van der Waals surface area contributed by atoms with Crippen molar-refractivity contribution in [2.75, 3.05) is 0 Å². The molecule has 170 valence electrons. The quantitative estimate of drug-likeness (QED) is 0.550. The van der Waals surface area contributed by atoms with Gasteiger partial charge in [-0.1, -0.05) is 18.5 Å². The van der Waals surface area contributed by atoms with E-state index in [2.05, 4.69) is 10.3 Å². The molecule has 4 rings (SSSR count). The van der Waals surface area contributed by atoms with Gasteiger partial charge >= 0.3 is 0 Å². The highest BCUT2D eigenvalue weighted by molar-refractivity contribution is 7.89. The van der Waals surface area contributed by atoms with Gasteiger partial charge in [0.25, 0.3) is 15.9 Å². The van der Waals surface area contributed by atoms with Gasteiger partial charge in [0, 0.05) is 23.4 Å². The van der Waals surface area contributed by atoms with Gasteiger partial charge in [-0.05, 0) is 56.0 Å². The molecule has 2 aromatic heterocycles. The highest BCUT2D eigenvalue weighted by atomic mass is 35.5. The summed E-state index contributed by atoms with van der Waals surface area (Å²) in [5.74, 6) is -0.481. The Morgan fingerprint density at radius 2 is 1.88 bits per heavy atom. The predicted octanol–water partition coefficient (Wildman–Crippen LogP) is 3.75. The summed E-state index contributed by atoms with van der Waals surface area (Å²) in [4.78, 5) is 28.4. The van der Waals surface area contributed by atoms with Crippen LogP contribution < -0.4 is 10.0 Å². The van der Waals surface area contributed by atoms with Gasteiger partial charge in [0.15, 0.2) is 17.2 Å². The first kappa shape index (κ1) is 22.3. The molecule has 0 bridgehead atoms. The molecule has 0 atom stereocenters. The Balaban J connectivity index is 1.34. The van der Waals surface area contributed by atoms with Crippen molar-refractivity contribution in [1.82, 2.24) is 15.0 Å². The summed E-state index contributed by atoms with van der Waals surface area (Å²) >= 11 is 6.01. The van der Waals surface area contributed by atoms with Crippen molar-refractivity contribution in [1.29, 1.82) is 0 Å². The van der Waals surface area contributed by atoms with Crippen molar-refractivity contribution >= 4 is 44.5 Å². The molecule has 9 nitrogen and oxygen atoms in total. The van der Waals surface area contributed by atoms with Crippen molar-refractivity contribution in [2.45, 2.75) is 56.1 Å². The summed E-state index contributed by atoms with van der Waals surface area (Å²) in [5, 5.41) is 2.99. The fourth-order valence-corrected chi connectivity index (χ4v) is 4.85. The van der Waals surface area contributed by atoms with Crippen LogP contribution in [0.4, 0.5) is 0 Å². The number of nitrogens with zero attached hydrogens (tertiary/aromatic N) is 1. The van der Waals surface area contributed by atoms with Crippen LogP contribution in [0.15, 0.2) is 44.3 Å². The van der Waals surface area contributed by atoms with Crippen molar-refractivity contribution in [3.8, 4) is 0 Å². The molecule has 3 aromatic rings. The summed E-state index contributed by atoms with van der Waals surface area (Å²) in [6, 6.07) is 7.66. The number of nitrogens with one attached hydrogen (secondary N) is 2. The first-order valence-electron chi connectivity index (χ1n) is 10.3. The third kappa shape index (κ3) is 4.81. The van der Waals surface area contributed by atoms with Crippen LogP contribution in [-0.2, 0) is 14.8 Å². The van der Waals surface area contributed by atoms with Gasteiger partial charge in [0.2, 0.25) is 11.0 Å². The number of carbonyl (C=O) groups excluding carboxylic acids is 2. The molecule has 32 heavy (non-hydrogen) atoms. The molecule has 0 spiro atoms. The molecule has 1 aliphatic rings. The van der Waals surface area contributed by atoms with Gasteiger partial charge in [-0.15, -0.1) is 0 Å². The largest absolute Gasteiger partial charge is 0.440 e. The number of carbonyl (C=O) groups is 2. The number of aromatic nitrogens is 1. The average Bonchev–Trinajstić information content (AvgIpc) is 3.41. The Bertz CT molecular complexity index is 1260. The van der Waals surface area contributed by atoms with Crippen LogP contribution >= 0.6 is 11.6 Å². The Kier molecular flexibility index (Phi) is 6.25. The van der Waals surface area contributed by atoms with E-state index >= 15 is 0 Å². The van der Waals surface area contributed by atoms with E-state index in [-0.39, 0.29) is 24.1 Å². The second-order valence-electron chi connectivity index (χ2n) is 7.69. The number of hydrogen-bond donors (Lipinski definition) is 2. The Hall–Kier alpha value is -2.85. The van der Waals surface area contributed by atoms with Crippen LogP contribution in [0.3, 0.4) is 0 Å². The predicted molar refractivity (Wildman–Crippen MR) is 116 cm³/mol. The van der Waals surface area contributed by atoms with Crippen LogP contribution in [0, 0.1) is 0 Å². The molecule has 11 heteroatoms. The van der Waals surface area contributed by atoms with E-state index in [0.717, 1.165) is 24.4 Å². The minimum Gasteiger partial charge on any atom is -0.440 e. The van der Waals surface area contributed by atoms with Crippen LogP contribution in [0.5, 0.6) is 0 Å². The highest BCUT2D eigenvalue weighted by Crippen LogP contribution is 2.34. The van der Waals surface area contributed by atoms with E-state index in [1.54, 1.807) is 18.2 Å². The van der Waals surface area contributed by atoms with Gasteiger partial charge in [-0.25, -0.2) is 9.71 Å². The van der Waals surface area contributed by atoms with E-state index in [1.807, 2.05) is 4.72 Å². The van der Waals surface area contributed by atoms with Gasteiger partial charge in [-0.3, -0.25) is 9.59 Å². The van der Waals surface area contributed by atoms with E-state index in [1.165, 1.54) is 13.0 Å². The van der Waals surface area contributed by atoms with Crippen LogP contribution in [0.2, 0.25) is 5.02 Å². The molecule has 0 aliphatic heterocycles. The number of fused-ring (bicyclic) bond motifs is 1. The smallest absolute Gasteiger partial charge is 0.297 e. The second-order valence-corrected chi connectivity index (χ2v) is 9.74. The molecule has 1 saturated carbocycles. The lowest BCUT2D eigenvalue weighted by Crippen LogP contribution is -2.37. The lowest BCUT2D eigenvalue weighted by Gasteiger charge is -2.27. The van der Waals surface area contributed by atoms with E-state index < -0.39 is 26.9 Å². The van der Waals surface area contributed by atoms with Gasteiger partial charge in [0.1, 0.15) is 5.52 Å². The van der Waals surface area contributed by atoms with Gasteiger partial charge in [0.05, 0.1) is 0 Å². The average molecular weight is 480 g/mol. The minimum atomic E-state index is -4.14. The van der Waals surface area contributed by atoms with E-state index in [0.29, 0.717) is 29.3 Å². The van der Waals surface area contributed by atoms with Crippen molar-refractivity contribution in [2.24, 2.45) is 0 Å². The maximum absolute atomic E-state index is 12.5. The summed E-state index contributed by atoms with van der Waals surface area (Å²) in [6.07, 6.45) is 3.01. The standard InChI is InChI=1S/C21H22ClN3O6S/c1-2-18(26)25-32(28,29)19-10-9-17(30-19)20(27)23-14-6-3-12(4-7-14)21-24-15-11-13(22)5-8-16(15)31-21/h5,8-12,14H,2-4,6-7H2,1H3,(H,23,27)(H,25,26).